The van der Waals surface area contributed by atoms with Gasteiger partial charge in [-0.25, -0.2) is 4.99 Å². The third kappa shape index (κ3) is 5.41. The first-order valence-electron chi connectivity index (χ1n) is 7.54. The Hall–Kier alpha value is -1.75. The molecule has 120 valence electrons. The molecule has 0 saturated carbocycles. The van der Waals surface area contributed by atoms with Gasteiger partial charge in [0.2, 0.25) is 0 Å². The summed E-state index contributed by atoms with van der Waals surface area (Å²) in [5.74, 6) is 0. The zero-order chi connectivity index (χ0) is 16.6. The zero-order valence-corrected chi connectivity index (χ0v) is 15.7. The third-order valence-corrected chi connectivity index (χ3v) is 5.92. The van der Waals surface area contributed by atoms with Gasteiger partial charge in [-0.05, 0) is 54.1 Å². The van der Waals surface area contributed by atoms with Gasteiger partial charge in [-0.2, -0.15) is 0 Å². The van der Waals surface area contributed by atoms with E-state index in [0.29, 0.717) is 0 Å². The molecule has 1 heterocycles. The minimum Gasteiger partial charge on any atom is -0.242 e. The molecule has 0 fully saturated rings. The van der Waals surface area contributed by atoms with Crippen LogP contribution in [-0.4, -0.2) is 5.04 Å². The molecule has 0 unspecified atom stereocenters. The SMILES string of the molecule is Cc1ccc(N=C(C=CSc2ccccc2)Sc2cccs2)cc1. The molecule has 0 radical (unpaired) electrons. The zero-order valence-electron chi connectivity index (χ0n) is 13.3. The van der Waals surface area contributed by atoms with Gasteiger partial charge in [0.15, 0.2) is 0 Å². The fourth-order valence-corrected chi connectivity index (χ4v) is 4.39. The average molecular weight is 368 g/mol. The van der Waals surface area contributed by atoms with Crippen molar-refractivity contribution in [3.63, 3.8) is 0 Å². The second-order valence-electron chi connectivity index (χ2n) is 5.05. The highest BCUT2D eigenvalue weighted by Crippen LogP contribution is 2.28. The van der Waals surface area contributed by atoms with E-state index in [1.54, 1.807) is 34.9 Å². The molecule has 0 N–H and O–H groups in total. The Morgan fingerprint density at radius 2 is 1.75 bits per heavy atom. The van der Waals surface area contributed by atoms with Crippen LogP contribution in [0.5, 0.6) is 0 Å². The van der Waals surface area contributed by atoms with Gasteiger partial charge < -0.3 is 0 Å². The summed E-state index contributed by atoms with van der Waals surface area (Å²) in [6.45, 7) is 2.09. The van der Waals surface area contributed by atoms with Crippen molar-refractivity contribution in [2.24, 2.45) is 4.99 Å². The van der Waals surface area contributed by atoms with E-state index in [9.17, 15) is 0 Å². The minimum absolute atomic E-state index is 0.981. The van der Waals surface area contributed by atoms with E-state index in [1.807, 2.05) is 6.07 Å². The van der Waals surface area contributed by atoms with Crippen molar-refractivity contribution < 1.29 is 0 Å². The van der Waals surface area contributed by atoms with Crippen molar-refractivity contribution in [1.82, 2.24) is 0 Å². The van der Waals surface area contributed by atoms with E-state index >= 15 is 0 Å². The van der Waals surface area contributed by atoms with Gasteiger partial charge in [0.1, 0.15) is 5.04 Å². The van der Waals surface area contributed by atoms with Crippen LogP contribution in [0, 0.1) is 6.92 Å². The molecule has 0 aliphatic rings. The van der Waals surface area contributed by atoms with Crippen LogP contribution >= 0.6 is 34.9 Å². The van der Waals surface area contributed by atoms with Crippen LogP contribution in [0.2, 0.25) is 0 Å². The lowest BCUT2D eigenvalue weighted by Crippen LogP contribution is -1.84. The quantitative estimate of drug-likeness (QED) is 0.269. The van der Waals surface area contributed by atoms with Crippen molar-refractivity contribution in [1.29, 1.82) is 0 Å². The van der Waals surface area contributed by atoms with Gasteiger partial charge in [0.05, 0.1) is 9.90 Å². The maximum absolute atomic E-state index is 4.79. The molecule has 0 saturated heterocycles. The molecule has 4 heteroatoms. The first-order chi connectivity index (χ1) is 11.8. The Kier molecular flexibility index (Phi) is 6.35. The summed E-state index contributed by atoms with van der Waals surface area (Å²) >= 11 is 5.14. The molecule has 0 spiro atoms. The number of thioether (sulfide) groups is 2. The van der Waals surface area contributed by atoms with E-state index in [4.69, 9.17) is 4.99 Å². The molecule has 3 aromatic rings. The molecule has 2 aromatic carbocycles. The summed E-state index contributed by atoms with van der Waals surface area (Å²) in [5, 5.41) is 5.18. The average Bonchev–Trinajstić information content (AvgIpc) is 3.11. The summed E-state index contributed by atoms with van der Waals surface area (Å²) < 4.78 is 1.25. The van der Waals surface area contributed by atoms with E-state index in [0.717, 1.165) is 10.7 Å². The summed E-state index contributed by atoms with van der Waals surface area (Å²) in [6.07, 6.45) is 2.09. The molecule has 3 rings (SSSR count). The van der Waals surface area contributed by atoms with Crippen LogP contribution in [0.3, 0.4) is 0 Å². The van der Waals surface area contributed by atoms with E-state index < -0.39 is 0 Å². The number of aliphatic imine (C=N–C) groups is 1. The predicted octanol–water partition coefficient (Wildman–Crippen LogP) is 7.18. The van der Waals surface area contributed by atoms with Crippen molar-refractivity contribution in [3.8, 4) is 0 Å². The Morgan fingerprint density at radius 3 is 2.46 bits per heavy atom. The second kappa shape index (κ2) is 8.92. The maximum Gasteiger partial charge on any atom is 0.103 e. The van der Waals surface area contributed by atoms with E-state index in [-0.39, 0.29) is 0 Å². The number of aryl methyl sites for hydroxylation is 1. The van der Waals surface area contributed by atoms with Crippen molar-refractivity contribution in [2.45, 2.75) is 16.0 Å². The highest BCUT2D eigenvalue weighted by atomic mass is 32.2. The highest BCUT2D eigenvalue weighted by Gasteiger charge is 2.01. The van der Waals surface area contributed by atoms with Gasteiger partial charge in [-0.15, -0.1) is 11.3 Å². The van der Waals surface area contributed by atoms with Crippen LogP contribution in [0.25, 0.3) is 0 Å². The lowest BCUT2D eigenvalue weighted by atomic mass is 10.2. The number of hydrogen-bond donors (Lipinski definition) is 0. The second-order valence-corrected chi connectivity index (χ2v) is 8.30. The normalized spacial score (nSPS) is 12.0. The third-order valence-electron chi connectivity index (χ3n) is 3.13. The number of rotatable bonds is 5. The fraction of sp³-hybridized carbons (Fsp3) is 0.0500. The molecule has 0 amide bonds. The standard InChI is InChI=1S/C20H17NS3/c1-16-9-11-17(12-10-16)21-19(24-20-8-5-14-23-20)13-15-22-18-6-3-2-4-7-18/h2-15H,1H3. The molecular weight excluding hydrogens is 350 g/mol. The number of thiophene rings is 1. The van der Waals surface area contributed by atoms with Crippen molar-refractivity contribution in [2.75, 3.05) is 0 Å². The minimum atomic E-state index is 0.981. The molecule has 1 aromatic heterocycles. The fourth-order valence-electron chi connectivity index (χ4n) is 1.94. The Morgan fingerprint density at radius 1 is 0.958 bits per heavy atom. The number of hydrogen-bond acceptors (Lipinski definition) is 4. The van der Waals surface area contributed by atoms with Gasteiger partial charge in [-0.3, -0.25) is 0 Å². The molecule has 1 nitrogen and oxygen atoms in total. The van der Waals surface area contributed by atoms with Crippen LogP contribution in [0.15, 0.2) is 97.7 Å². The lowest BCUT2D eigenvalue weighted by molar-refractivity contribution is 1.44. The van der Waals surface area contributed by atoms with Crippen LogP contribution in [0.1, 0.15) is 5.56 Å². The summed E-state index contributed by atoms with van der Waals surface area (Å²) in [6, 6.07) is 22.8. The summed E-state index contributed by atoms with van der Waals surface area (Å²) in [4.78, 5) is 6.02. The topological polar surface area (TPSA) is 12.4 Å². The largest absolute Gasteiger partial charge is 0.242 e. The summed E-state index contributed by atoms with van der Waals surface area (Å²) in [5.41, 5.74) is 2.23. The van der Waals surface area contributed by atoms with Gasteiger partial charge >= 0.3 is 0 Å². The van der Waals surface area contributed by atoms with Crippen LogP contribution in [-0.2, 0) is 0 Å². The van der Waals surface area contributed by atoms with Crippen LogP contribution in [0.4, 0.5) is 5.69 Å². The molecule has 24 heavy (non-hydrogen) atoms. The molecule has 0 atom stereocenters. The van der Waals surface area contributed by atoms with Crippen LogP contribution < -0.4 is 0 Å². The Labute approximate surface area is 155 Å². The molecule has 0 aliphatic carbocycles. The molecular formula is C20H17NS3. The monoisotopic (exact) mass is 367 g/mol. The molecule has 0 aliphatic heterocycles. The first-order valence-corrected chi connectivity index (χ1v) is 10.1. The first kappa shape index (κ1) is 17.1. The predicted molar refractivity (Wildman–Crippen MR) is 110 cm³/mol. The number of nitrogens with zero attached hydrogens (tertiary/aromatic N) is 1. The van der Waals surface area contributed by atoms with Gasteiger partial charge in [-0.1, -0.05) is 65.5 Å². The van der Waals surface area contributed by atoms with E-state index in [1.165, 1.54) is 14.7 Å². The van der Waals surface area contributed by atoms with E-state index in [2.05, 4.69) is 84.5 Å². The maximum atomic E-state index is 4.79. The molecule has 0 bridgehead atoms. The van der Waals surface area contributed by atoms with Gasteiger partial charge in [0.25, 0.3) is 0 Å². The smallest absolute Gasteiger partial charge is 0.103 e. The van der Waals surface area contributed by atoms with Crippen molar-refractivity contribution in [3.05, 3.63) is 89.2 Å². The van der Waals surface area contributed by atoms with Gasteiger partial charge in [0, 0.05) is 4.90 Å². The number of benzene rings is 2. The Bertz CT molecular complexity index is 804. The summed E-state index contributed by atoms with van der Waals surface area (Å²) in [7, 11) is 0. The lowest BCUT2D eigenvalue weighted by Gasteiger charge is -2.01. The van der Waals surface area contributed by atoms with Crippen molar-refractivity contribution >= 4 is 45.6 Å². The highest BCUT2D eigenvalue weighted by molar-refractivity contribution is 8.15. The Balaban J connectivity index is 1.77.